The smallest absolute Gasteiger partial charge is 0.257 e. The van der Waals surface area contributed by atoms with Crippen LogP contribution in [0.4, 0.5) is 0 Å². The Labute approximate surface area is 88.2 Å². The molecule has 0 N–H and O–H groups in total. The summed E-state index contributed by atoms with van der Waals surface area (Å²) in [6.45, 7) is 0. The number of halogens is 1. The van der Waals surface area contributed by atoms with Crippen LogP contribution in [0, 0.1) is 0 Å². The molecule has 0 atom stereocenters. The molecule has 0 unspecified atom stereocenters. The van der Waals surface area contributed by atoms with E-state index in [9.17, 15) is 4.79 Å². The molecule has 1 rings (SSSR count). The number of rotatable bonds is 2. The third-order valence-electron chi connectivity index (χ3n) is 1.80. The maximum absolute atomic E-state index is 11.6. The molecule has 0 saturated carbocycles. The highest BCUT2D eigenvalue weighted by Crippen LogP contribution is 2.23. The third kappa shape index (κ3) is 2.17. The molecule has 0 spiro atoms. The second kappa shape index (κ2) is 4.33. The Morgan fingerprint density at radius 2 is 2.07 bits per heavy atom. The fourth-order valence-corrected chi connectivity index (χ4v) is 1.24. The second-order valence-electron chi connectivity index (χ2n) is 3.04. The second-order valence-corrected chi connectivity index (χ2v) is 3.48. The molecule has 1 amide bonds. The van der Waals surface area contributed by atoms with Crippen LogP contribution in [0.25, 0.3) is 0 Å². The van der Waals surface area contributed by atoms with Gasteiger partial charge in [0.2, 0.25) is 0 Å². The van der Waals surface area contributed by atoms with E-state index in [0.717, 1.165) is 0 Å². The van der Waals surface area contributed by atoms with E-state index in [1.807, 2.05) is 0 Å². The van der Waals surface area contributed by atoms with E-state index in [0.29, 0.717) is 16.3 Å². The van der Waals surface area contributed by atoms with Crippen LogP contribution in [-0.4, -0.2) is 32.0 Å². The highest BCUT2D eigenvalue weighted by molar-refractivity contribution is 6.30. The van der Waals surface area contributed by atoms with Gasteiger partial charge in [0.05, 0.1) is 12.7 Å². The van der Waals surface area contributed by atoms with Crippen LogP contribution in [0.1, 0.15) is 10.4 Å². The number of benzene rings is 1. The molecular weight excluding hydrogens is 202 g/mol. The van der Waals surface area contributed by atoms with Crippen molar-refractivity contribution in [2.75, 3.05) is 21.2 Å². The maximum atomic E-state index is 11.6. The first-order valence-corrected chi connectivity index (χ1v) is 4.49. The highest BCUT2D eigenvalue weighted by atomic mass is 35.5. The third-order valence-corrected chi connectivity index (χ3v) is 2.04. The van der Waals surface area contributed by atoms with Gasteiger partial charge in [-0.2, -0.15) is 0 Å². The first-order valence-electron chi connectivity index (χ1n) is 4.11. The van der Waals surface area contributed by atoms with Crippen LogP contribution in [-0.2, 0) is 0 Å². The molecule has 3 nitrogen and oxygen atoms in total. The number of ether oxygens (including phenoxy) is 1. The van der Waals surface area contributed by atoms with Gasteiger partial charge in [-0.25, -0.2) is 0 Å². The van der Waals surface area contributed by atoms with Crippen molar-refractivity contribution in [1.29, 1.82) is 0 Å². The summed E-state index contributed by atoms with van der Waals surface area (Å²) in [5, 5.41) is 0.553. The van der Waals surface area contributed by atoms with E-state index in [-0.39, 0.29) is 5.91 Å². The van der Waals surface area contributed by atoms with Gasteiger partial charge >= 0.3 is 0 Å². The minimum absolute atomic E-state index is 0.0986. The van der Waals surface area contributed by atoms with Crippen molar-refractivity contribution >= 4 is 17.5 Å². The molecule has 0 aliphatic carbocycles. The highest BCUT2D eigenvalue weighted by Gasteiger charge is 2.13. The first kappa shape index (κ1) is 10.9. The number of carbonyl (C=O) groups excluding carboxylic acids is 1. The molecule has 1 aromatic carbocycles. The molecule has 0 bridgehead atoms. The SMILES string of the molecule is COc1cc(Cl)ccc1C(=O)N(C)C. The average molecular weight is 214 g/mol. The Bertz CT molecular complexity index is 350. The molecular formula is C10H12ClNO2. The van der Waals surface area contributed by atoms with Crippen LogP contribution in [0.2, 0.25) is 5.02 Å². The normalized spacial score (nSPS) is 9.71. The van der Waals surface area contributed by atoms with Gasteiger partial charge in [0.15, 0.2) is 0 Å². The predicted octanol–water partition coefficient (Wildman–Crippen LogP) is 2.05. The summed E-state index contributed by atoms with van der Waals surface area (Å²) in [4.78, 5) is 13.1. The molecule has 0 aliphatic rings. The van der Waals surface area contributed by atoms with Crippen molar-refractivity contribution in [3.05, 3.63) is 28.8 Å². The molecule has 4 heteroatoms. The molecule has 0 aromatic heterocycles. The van der Waals surface area contributed by atoms with E-state index < -0.39 is 0 Å². The molecule has 0 fully saturated rings. The number of hydrogen-bond acceptors (Lipinski definition) is 2. The number of methoxy groups -OCH3 is 1. The fourth-order valence-electron chi connectivity index (χ4n) is 1.08. The molecule has 0 heterocycles. The summed E-state index contributed by atoms with van der Waals surface area (Å²) in [5.74, 6) is 0.398. The zero-order valence-electron chi connectivity index (χ0n) is 8.37. The molecule has 0 aliphatic heterocycles. The van der Waals surface area contributed by atoms with Crippen LogP contribution < -0.4 is 4.74 Å². The van der Waals surface area contributed by atoms with Gasteiger partial charge in [-0.3, -0.25) is 4.79 Å². The molecule has 76 valence electrons. The lowest BCUT2D eigenvalue weighted by Crippen LogP contribution is -2.22. The van der Waals surface area contributed by atoms with E-state index in [4.69, 9.17) is 16.3 Å². The van der Waals surface area contributed by atoms with E-state index in [1.165, 1.54) is 12.0 Å². The standard InChI is InChI=1S/C10H12ClNO2/c1-12(2)10(13)8-5-4-7(11)6-9(8)14-3/h4-6H,1-3H3. The zero-order valence-corrected chi connectivity index (χ0v) is 9.13. The summed E-state index contributed by atoms with van der Waals surface area (Å²) < 4.78 is 5.07. The Hall–Kier alpha value is -1.22. The number of nitrogens with zero attached hydrogens (tertiary/aromatic N) is 1. The largest absolute Gasteiger partial charge is 0.496 e. The first-order chi connectivity index (χ1) is 6.56. The van der Waals surface area contributed by atoms with Gasteiger partial charge in [0.25, 0.3) is 5.91 Å². The van der Waals surface area contributed by atoms with Crippen molar-refractivity contribution in [2.24, 2.45) is 0 Å². The Morgan fingerprint density at radius 3 is 2.57 bits per heavy atom. The summed E-state index contributed by atoms with van der Waals surface area (Å²) in [7, 11) is 4.89. The van der Waals surface area contributed by atoms with Gasteiger partial charge < -0.3 is 9.64 Å². The van der Waals surface area contributed by atoms with E-state index in [2.05, 4.69) is 0 Å². The van der Waals surface area contributed by atoms with Crippen LogP contribution in [0.5, 0.6) is 5.75 Å². The lowest BCUT2D eigenvalue weighted by Gasteiger charge is -2.13. The van der Waals surface area contributed by atoms with E-state index >= 15 is 0 Å². The summed E-state index contributed by atoms with van der Waals surface area (Å²) in [5.41, 5.74) is 0.516. The monoisotopic (exact) mass is 213 g/mol. The minimum atomic E-state index is -0.0986. The number of carbonyl (C=O) groups is 1. The van der Waals surface area contributed by atoms with Crippen LogP contribution >= 0.6 is 11.6 Å². The molecule has 14 heavy (non-hydrogen) atoms. The lowest BCUT2D eigenvalue weighted by molar-refractivity contribution is 0.0824. The van der Waals surface area contributed by atoms with Crippen molar-refractivity contribution in [3.8, 4) is 5.75 Å². The average Bonchev–Trinajstić information content (AvgIpc) is 2.16. The summed E-state index contributed by atoms with van der Waals surface area (Å²) in [6, 6.07) is 4.95. The van der Waals surface area contributed by atoms with Gasteiger partial charge in [-0.05, 0) is 18.2 Å². The predicted molar refractivity (Wildman–Crippen MR) is 56.0 cm³/mol. The van der Waals surface area contributed by atoms with Crippen molar-refractivity contribution in [1.82, 2.24) is 4.90 Å². The quantitative estimate of drug-likeness (QED) is 0.753. The van der Waals surface area contributed by atoms with Crippen molar-refractivity contribution < 1.29 is 9.53 Å². The molecule has 1 aromatic rings. The maximum Gasteiger partial charge on any atom is 0.257 e. The number of hydrogen-bond donors (Lipinski definition) is 0. The Morgan fingerprint density at radius 1 is 1.43 bits per heavy atom. The minimum Gasteiger partial charge on any atom is -0.496 e. The Balaban J connectivity index is 3.14. The summed E-state index contributed by atoms with van der Waals surface area (Å²) >= 11 is 5.77. The van der Waals surface area contributed by atoms with Gasteiger partial charge in [-0.1, -0.05) is 11.6 Å². The van der Waals surface area contributed by atoms with Gasteiger partial charge in [-0.15, -0.1) is 0 Å². The van der Waals surface area contributed by atoms with Crippen molar-refractivity contribution in [3.63, 3.8) is 0 Å². The van der Waals surface area contributed by atoms with Crippen LogP contribution in [0.3, 0.4) is 0 Å². The van der Waals surface area contributed by atoms with Crippen molar-refractivity contribution in [2.45, 2.75) is 0 Å². The molecule has 0 saturated heterocycles. The summed E-state index contributed by atoms with van der Waals surface area (Å²) in [6.07, 6.45) is 0. The zero-order chi connectivity index (χ0) is 10.7. The van der Waals surface area contributed by atoms with Crippen LogP contribution in [0.15, 0.2) is 18.2 Å². The molecule has 0 radical (unpaired) electrons. The van der Waals surface area contributed by atoms with Gasteiger partial charge in [0, 0.05) is 19.1 Å². The Kier molecular flexibility index (Phi) is 3.36. The number of amides is 1. The lowest BCUT2D eigenvalue weighted by atomic mass is 10.2. The fraction of sp³-hybridized carbons (Fsp3) is 0.300. The topological polar surface area (TPSA) is 29.5 Å². The van der Waals surface area contributed by atoms with Gasteiger partial charge in [0.1, 0.15) is 5.75 Å². The van der Waals surface area contributed by atoms with E-state index in [1.54, 1.807) is 32.3 Å².